The summed E-state index contributed by atoms with van der Waals surface area (Å²) in [6.45, 7) is 2.01. The fourth-order valence-corrected chi connectivity index (χ4v) is 2.96. The second-order valence-electron chi connectivity index (χ2n) is 6.14. The number of ether oxygens (including phenoxy) is 2. The highest BCUT2D eigenvalue weighted by molar-refractivity contribution is 5.94. The predicted octanol–water partition coefficient (Wildman–Crippen LogP) is 3.52. The van der Waals surface area contributed by atoms with Gasteiger partial charge in [-0.05, 0) is 29.7 Å². The number of guanidine groups is 1. The number of nitrogens with one attached hydrogen (secondary N) is 3. The zero-order chi connectivity index (χ0) is 17.8. The average Bonchev–Trinajstić information content (AvgIpc) is 2.94. The number of H-pyrrole nitrogens is 1. The molecule has 2 aromatic carbocycles. The summed E-state index contributed by atoms with van der Waals surface area (Å²) in [6, 6.07) is 16.2. The molecule has 1 aliphatic rings. The smallest absolute Gasteiger partial charge is 0.195 e. The van der Waals surface area contributed by atoms with Crippen LogP contribution in [-0.4, -0.2) is 31.2 Å². The van der Waals surface area contributed by atoms with Gasteiger partial charge in [-0.3, -0.25) is 4.99 Å². The Morgan fingerprint density at radius 3 is 2.77 bits per heavy atom. The van der Waals surface area contributed by atoms with Gasteiger partial charge in [0, 0.05) is 36.4 Å². The molecule has 0 spiro atoms. The molecule has 0 amide bonds. The number of aromatic amines is 1. The van der Waals surface area contributed by atoms with Crippen molar-refractivity contribution in [1.29, 1.82) is 0 Å². The van der Waals surface area contributed by atoms with Gasteiger partial charge in [0.1, 0.15) is 0 Å². The maximum absolute atomic E-state index is 5.74. The standard InChI is InChI=1S/C20H22N4O2/c1-21-20(22-13-16-11-14-5-2-3-6-17(14)23-16)24-15-7-8-18-19(12-15)26-10-4-9-25-18/h2-3,5-8,11-12,23H,4,9-10,13H2,1H3,(H2,21,22,24). The van der Waals surface area contributed by atoms with Crippen molar-refractivity contribution in [3.63, 3.8) is 0 Å². The van der Waals surface area contributed by atoms with Gasteiger partial charge in [-0.1, -0.05) is 18.2 Å². The molecule has 0 bridgehead atoms. The minimum atomic E-state index is 0.652. The molecule has 0 aliphatic carbocycles. The van der Waals surface area contributed by atoms with E-state index in [0.29, 0.717) is 25.7 Å². The Labute approximate surface area is 152 Å². The highest BCUT2D eigenvalue weighted by Gasteiger charge is 2.11. The second-order valence-corrected chi connectivity index (χ2v) is 6.14. The zero-order valence-corrected chi connectivity index (χ0v) is 14.7. The number of aromatic nitrogens is 1. The van der Waals surface area contributed by atoms with Crippen LogP contribution >= 0.6 is 0 Å². The summed E-state index contributed by atoms with van der Waals surface area (Å²) in [5.74, 6) is 2.24. The fraction of sp³-hybridized carbons (Fsp3) is 0.250. The Kier molecular flexibility index (Phi) is 4.64. The number of anilines is 1. The van der Waals surface area contributed by atoms with Gasteiger partial charge < -0.3 is 25.1 Å². The summed E-state index contributed by atoms with van der Waals surface area (Å²) >= 11 is 0. The number of aliphatic imine (C=N–C) groups is 1. The lowest BCUT2D eigenvalue weighted by molar-refractivity contribution is 0.297. The van der Waals surface area contributed by atoms with E-state index in [4.69, 9.17) is 9.47 Å². The number of fused-ring (bicyclic) bond motifs is 2. The summed E-state index contributed by atoms with van der Waals surface area (Å²) in [6.07, 6.45) is 0.894. The van der Waals surface area contributed by atoms with Crippen LogP contribution in [0.25, 0.3) is 10.9 Å². The van der Waals surface area contributed by atoms with E-state index >= 15 is 0 Å². The van der Waals surface area contributed by atoms with Crippen molar-refractivity contribution < 1.29 is 9.47 Å². The van der Waals surface area contributed by atoms with Gasteiger partial charge in [-0.15, -0.1) is 0 Å². The van der Waals surface area contributed by atoms with Crippen LogP contribution in [0, 0.1) is 0 Å². The van der Waals surface area contributed by atoms with Gasteiger partial charge >= 0.3 is 0 Å². The first-order chi connectivity index (χ1) is 12.8. The van der Waals surface area contributed by atoms with Crippen LogP contribution in [0.4, 0.5) is 5.69 Å². The molecular formula is C20H22N4O2. The molecule has 26 heavy (non-hydrogen) atoms. The third kappa shape index (κ3) is 3.59. The predicted molar refractivity (Wildman–Crippen MR) is 104 cm³/mol. The molecule has 0 radical (unpaired) electrons. The van der Waals surface area contributed by atoms with Crippen LogP contribution in [0.2, 0.25) is 0 Å². The van der Waals surface area contributed by atoms with Crippen LogP contribution < -0.4 is 20.1 Å². The van der Waals surface area contributed by atoms with Crippen LogP contribution in [0.15, 0.2) is 53.5 Å². The first-order valence-corrected chi connectivity index (χ1v) is 8.76. The Bertz CT molecular complexity index is 899. The molecule has 3 N–H and O–H groups in total. The average molecular weight is 350 g/mol. The SMILES string of the molecule is CN=C(NCc1cc2ccccc2[nH]1)Nc1ccc2c(c1)OCCCO2. The summed E-state index contributed by atoms with van der Waals surface area (Å²) < 4.78 is 11.4. The molecular weight excluding hydrogens is 328 g/mol. The summed E-state index contributed by atoms with van der Waals surface area (Å²) in [7, 11) is 1.75. The molecule has 0 saturated heterocycles. The Morgan fingerprint density at radius 2 is 1.92 bits per heavy atom. The number of nitrogens with zero attached hydrogens (tertiary/aromatic N) is 1. The van der Waals surface area contributed by atoms with Crippen LogP contribution in [0.1, 0.15) is 12.1 Å². The van der Waals surface area contributed by atoms with E-state index in [1.54, 1.807) is 7.05 Å². The van der Waals surface area contributed by atoms with E-state index in [9.17, 15) is 0 Å². The topological polar surface area (TPSA) is 70.7 Å². The van der Waals surface area contributed by atoms with Crippen molar-refractivity contribution >= 4 is 22.5 Å². The summed E-state index contributed by atoms with van der Waals surface area (Å²) in [5, 5.41) is 7.82. The zero-order valence-electron chi connectivity index (χ0n) is 14.7. The third-order valence-corrected chi connectivity index (χ3v) is 4.27. The lowest BCUT2D eigenvalue weighted by atomic mass is 10.2. The van der Waals surface area contributed by atoms with E-state index < -0.39 is 0 Å². The molecule has 2 heterocycles. The van der Waals surface area contributed by atoms with Crippen LogP contribution in [0.5, 0.6) is 11.5 Å². The molecule has 0 unspecified atom stereocenters. The molecule has 1 aromatic heterocycles. The van der Waals surface area contributed by atoms with Crippen molar-refractivity contribution in [1.82, 2.24) is 10.3 Å². The van der Waals surface area contributed by atoms with Gasteiger partial charge in [0.25, 0.3) is 0 Å². The van der Waals surface area contributed by atoms with E-state index in [-0.39, 0.29) is 0 Å². The first-order valence-electron chi connectivity index (χ1n) is 8.76. The lowest BCUT2D eigenvalue weighted by Gasteiger charge is -2.13. The number of para-hydroxylation sites is 1. The van der Waals surface area contributed by atoms with E-state index in [2.05, 4.69) is 38.8 Å². The van der Waals surface area contributed by atoms with E-state index in [0.717, 1.165) is 34.8 Å². The van der Waals surface area contributed by atoms with Gasteiger partial charge in [0.2, 0.25) is 0 Å². The number of benzene rings is 2. The van der Waals surface area contributed by atoms with E-state index in [1.165, 1.54) is 5.39 Å². The first kappa shape index (κ1) is 16.3. The minimum Gasteiger partial charge on any atom is -0.490 e. The molecule has 6 heteroatoms. The number of hydrogen-bond acceptors (Lipinski definition) is 3. The highest BCUT2D eigenvalue weighted by atomic mass is 16.5. The highest BCUT2D eigenvalue weighted by Crippen LogP contribution is 2.32. The number of rotatable bonds is 3. The molecule has 4 rings (SSSR count). The molecule has 0 atom stereocenters. The Morgan fingerprint density at radius 1 is 1.08 bits per heavy atom. The largest absolute Gasteiger partial charge is 0.490 e. The lowest BCUT2D eigenvalue weighted by Crippen LogP contribution is -2.30. The quantitative estimate of drug-likeness (QED) is 0.499. The maximum atomic E-state index is 5.74. The molecule has 6 nitrogen and oxygen atoms in total. The maximum Gasteiger partial charge on any atom is 0.195 e. The monoisotopic (exact) mass is 350 g/mol. The van der Waals surface area contributed by atoms with E-state index in [1.807, 2.05) is 30.3 Å². The molecule has 134 valence electrons. The van der Waals surface area contributed by atoms with Crippen molar-refractivity contribution in [3.05, 3.63) is 54.2 Å². The van der Waals surface area contributed by atoms with Crippen molar-refractivity contribution in [2.75, 3.05) is 25.6 Å². The van der Waals surface area contributed by atoms with Crippen LogP contribution in [0.3, 0.4) is 0 Å². The van der Waals surface area contributed by atoms with Gasteiger partial charge in [0.05, 0.1) is 19.8 Å². The Balaban J connectivity index is 1.42. The normalized spacial score (nSPS) is 14.1. The summed E-state index contributed by atoms with van der Waals surface area (Å²) in [4.78, 5) is 7.70. The fourth-order valence-electron chi connectivity index (χ4n) is 2.96. The van der Waals surface area contributed by atoms with Crippen molar-refractivity contribution in [3.8, 4) is 11.5 Å². The molecule has 3 aromatic rings. The van der Waals surface area contributed by atoms with Gasteiger partial charge in [-0.2, -0.15) is 0 Å². The summed E-state index contributed by atoms with van der Waals surface area (Å²) in [5.41, 5.74) is 3.14. The molecule has 0 fully saturated rings. The molecule has 1 aliphatic heterocycles. The minimum absolute atomic E-state index is 0.652. The Hall–Kier alpha value is -3.15. The van der Waals surface area contributed by atoms with Gasteiger partial charge in [0.15, 0.2) is 17.5 Å². The second kappa shape index (κ2) is 7.39. The number of hydrogen-bond donors (Lipinski definition) is 3. The third-order valence-electron chi connectivity index (χ3n) is 4.27. The molecule has 0 saturated carbocycles. The van der Waals surface area contributed by atoms with Crippen molar-refractivity contribution in [2.24, 2.45) is 4.99 Å². The van der Waals surface area contributed by atoms with Crippen molar-refractivity contribution in [2.45, 2.75) is 13.0 Å². The van der Waals surface area contributed by atoms with Gasteiger partial charge in [-0.25, -0.2) is 0 Å². The van der Waals surface area contributed by atoms with Crippen LogP contribution in [-0.2, 0) is 6.54 Å².